The number of β-amino-alcohol motifs (C(OH)–C–C–N with tert-alkyl or cyclic N) is 1. The minimum Gasteiger partial charge on any atom is -0.497 e. The smallest absolute Gasteiger partial charge is 0.121 e. The number of anilines is 1. The molecule has 182 valence electrons. The molecule has 7 heteroatoms. The highest BCUT2D eigenvalue weighted by Gasteiger charge is 2.40. The number of unbranched alkanes of at least 4 members (excludes halogenated alkanes) is 3. The molecular formula is C26H38N2O5. The van der Waals surface area contributed by atoms with Crippen LogP contribution < -0.4 is 10.1 Å². The molecule has 4 atom stereocenters. The first-order valence-electron chi connectivity index (χ1n) is 11.9. The molecule has 0 unspecified atom stereocenters. The van der Waals surface area contributed by atoms with E-state index in [2.05, 4.69) is 41.7 Å². The van der Waals surface area contributed by atoms with Gasteiger partial charge >= 0.3 is 0 Å². The van der Waals surface area contributed by atoms with Crippen molar-refractivity contribution in [1.82, 2.24) is 4.90 Å². The number of nitrogens with one attached hydrogen (secondary N) is 1. The van der Waals surface area contributed by atoms with E-state index >= 15 is 0 Å². The van der Waals surface area contributed by atoms with Crippen molar-refractivity contribution in [2.24, 2.45) is 0 Å². The molecule has 0 saturated carbocycles. The fraction of sp³-hybridized carbons (Fsp3) is 0.538. The monoisotopic (exact) mass is 458 g/mol. The standard InChI is InChI=1S/C26H38N2O5/c1-33-22-15-20(13-19-9-5-4-6-10-19)14-21(16-22)27-11-7-2-3-8-12-28-17-24(30)26(32)25(31)23(28)18-29/h4-6,9-10,14-16,23-27,29-32H,2-3,7-8,11-13,17-18H2,1H3/t23-,24+,25-,26-/m1/s1. The Balaban J connectivity index is 1.39. The first kappa shape index (κ1) is 25.5. The summed E-state index contributed by atoms with van der Waals surface area (Å²) in [6.07, 6.45) is 1.55. The van der Waals surface area contributed by atoms with E-state index in [1.54, 1.807) is 7.11 Å². The zero-order valence-electron chi connectivity index (χ0n) is 19.4. The molecule has 2 aromatic rings. The number of nitrogens with zero attached hydrogens (tertiary/aromatic N) is 1. The average Bonchev–Trinajstić information content (AvgIpc) is 2.82. The van der Waals surface area contributed by atoms with Crippen LogP contribution in [-0.4, -0.2) is 83.0 Å². The Morgan fingerprint density at radius 3 is 2.42 bits per heavy atom. The summed E-state index contributed by atoms with van der Waals surface area (Å²) in [4.78, 5) is 1.88. The largest absolute Gasteiger partial charge is 0.497 e. The third-order valence-corrected chi connectivity index (χ3v) is 6.37. The van der Waals surface area contributed by atoms with Crippen molar-refractivity contribution < 1.29 is 25.2 Å². The van der Waals surface area contributed by atoms with Gasteiger partial charge in [-0.25, -0.2) is 0 Å². The summed E-state index contributed by atoms with van der Waals surface area (Å²) in [5.74, 6) is 0.848. The molecule has 3 rings (SSSR count). The molecule has 0 aliphatic carbocycles. The van der Waals surface area contributed by atoms with E-state index in [9.17, 15) is 20.4 Å². The molecule has 0 radical (unpaired) electrons. The van der Waals surface area contributed by atoms with E-state index in [0.29, 0.717) is 6.54 Å². The Morgan fingerprint density at radius 1 is 0.939 bits per heavy atom. The molecule has 5 N–H and O–H groups in total. The molecule has 0 bridgehead atoms. The predicted molar refractivity (Wildman–Crippen MR) is 130 cm³/mol. The van der Waals surface area contributed by atoms with Crippen molar-refractivity contribution >= 4 is 5.69 Å². The number of methoxy groups -OCH3 is 1. The van der Waals surface area contributed by atoms with Gasteiger partial charge in [0, 0.05) is 24.8 Å². The maximum absolute atomic E-state index is 10.1. The van der Waals surface area contributed by atoms with E-state index in [-0.39, 0.29) is 13.2 Å². The van der Waals surface area contributed by atoms with Crippen molar-refractivity contribution in [3.8, 4) is 5.75 Å². The first-order chi connectivity index (χ1) is 16.0. The van der Waals surface area contributed by atoms with Gasteiger partial charge < -0.3 is 30.5 Å². The van der Waals surface area contributed by atoms with Gasteiger partial charge in [0.15, 0.2) is 0 Å². The SMILES string of the molecule is COc1cc(Cc2ccccc2)cc(NCCCCCCN2C[C@H](O)[C@@H](O)[C@H](O)[C@H]2CO)c1. The second-order valence-corrected chi connectivity index (χ2v) is 8.87. The highest BCUT2D eigenvalue weighted by Crippen LogP contribution is 2.23. The summed E-state index contributed by atoms with van der Waals surface area (Å²) in [5, 5.41) is 42.8. The Bertz CT molecular complexity index is 835. The third-order valence-electron chi connectivity index (χ3n) is 6.37. The maximum Gasteiger partial charge on any atom is 0.121 e. The van der Waals surface area contributed by atoms with Gasteiger partial charge in [0.25, 0.3) is 0 Å². The highest BCUT2D eigenvalue weighted by atomic mass is 16.5. The van der Waals surface area contributed by atoms with E-state index in [1.807, 2.05) is 17.0 Å². The molecule has 1 heterocycles. The number of ether oxygens (including phenoxy) is 1. The van der Waals surface area contributed by atoms with Crippen LogP contribution >= 0.6 is 0 Å². The predicted octanol–water partition coefficient (Wildman–Crippen LogP) is 2.02. The van der Waals surface area contributed by atoms with Crippen LogP contribution in [0, 0.1) is 0 Å². The number of aliphatic hydroxyl groups is 4. The van der Waals surface area contributed by atoms with E-state index < -0.39 is 24.4 Å². The molecule has 1 aliphatic rings. The summed E-state index contributed by atoms with van der Waals surface area (Å²) in [5.41, 5.74) is 3.53. The van der Waals surface area contributed by atoms with Crippen molar-refractivity contribution in [3.63, 3.8) is 0 Å². The van der Waals surface area contributed by atoms with Crippen molar-refractivity contribution in [1.29, 1.82) is 0 Å². The lowest BCUT2D eigenvalue weighted by Crippen LogP contribution is -2.62. The fourth-order valence-electron chi connectivity index (χ4n) is 4.48. The topological polar surface area (TPSA) is 105 Å². The molecule has 0 spiro atoms. The fourth-order valence-corrected chi connectivity index (χ4v) is 4.48. The van der Waals surface area contributed by atoms with Crippen molar-refractivity contribution in [2.45, 2.75) is 56.5 Å². The lowest BCUT2D eigenvalue weighted by molar-refractivity contribution is -0.145. The Hall–Kier alpha value is -2.16. The summed E-state index contributed by atoms with van der Waals surface area (Å²) in [7, 11) is 1.69. The normalized spacial score (nSPS) is 23.4. The Morgan fingerprint density at radius 2 is 1.70 bits per heavy atom. The molecule has 0 aromatic heterocycles. The zero-order valence-corrected chi connectivity index (χ0v) is 19.4. The van der Waals surface area contributed by atoms with Crippen molar-refractivity contribution in [2.75, 3.05) is 38.7 Å². The van der Waals surface area contributed by atoms with Crippen LogP contribution in [0.2, 0.25) is 0 Å². The lowest BCUT2D eigenvalue weighted by atomic mass is 9.94. The molecule has 1 fully saturated rings. The first-order valence-corrected chi connectivity index (χ1v) is 11.9. The van der Waals surface area contributed by atoms with Crippen LogP contribution in [0.15, 0.2) is 48.5 Å². The number of hydrogen-bond donors (Lipinski definition) is 5. The Kier molecular flexibility index (Phi) is 9.96. The molecule has 7 nitrogen and oxygen atoms in total. The second kappa shape index (κ2) is 12.9. The third kappa shape index (κ3) is 7.42. The summed E-state index contributed by atoms with van der Waals surface area (Å²) < 4.78 is 5.48. The minimum atomic E-state index is -1.20. The van der Waals surface area contributed by atoms with E-state index in [1.165, 1.54) is 11.1 Å². The second-order valence-electron chi connectivity index (χ2n) is 8.87. The summed E-state index contributed by atoms with van der Waals surface area (Å²) in [6.45, 7) is 1.58. The average molecular weight is 459 g/mol. The molecule has 0 amide bonds. The van der Waals surface area contributed by atoms with Crippen LogP contribution in [0.3, 0.4) is 0 Å². The minimum absolute atomic E-state index is 0.234. The molecular weight excluding hydrogens is 420 g/mol. The van der Waals surface area contributed by atoms with E-state index in [4.69, 9.17) is 4.74 Å². The van der Waals surface area contributed by atoms with Crippen molar-refractivity contribution in [3.05, 3.63) is 59.7 Å². The number of hydrogen-bond acceptors (Lipinski definition) is 7. The summed E-state index contributed by atoms with van der Waals surface area (Å²) in [6, 6.07) is 16.1. The van der Waals surface area contributed by atoms with Crippen LogP contribution in [0.25, 0.3) is 0 Å². The van der Waals surface area contributed by atoms with Gasteiger partial charge in [-0.3, -0.25) is 4.90 Å². The van der Waals surface area contributed by atoms with Crippen LogP contribution in [0.5, 0.6) is 5.75 Å². The molecule has 2 aromatic carbocycles. The maximum atomic E-state index is 10.1. The van der Waals surface area contributed by atoms with Gasteiger partial charge in [0.1, 0.15) is 18.0 Å². The molecule has 1 saturated heterocycles. The number of benzene rings is 2. The number of aliphatic hydroxyl groups excluding tert-OH is 4. The van der Waals surface area contributed by atoms with Gasteiger partial charge in [0.05, 0.1) is 25.9 Å². The van der Waals surface area contributed by atoms with Gasteiger partial charge in [-0.15, -0.1) is 0 Å². The number of piperidine rings is 1. The van der Waals surface area contributed by atoms with Gasteiger partial charge in [-0.05, 0) is 49.1 Å². The number of likely N-dealkylation sites (tertiary alicyclic amines) is 1. The summed E-state index contributed by atoms with van der Waals surface area (Å²) >= 11 is 0. The van der Waals surface area contributed by atoms with Crippen LogP contribution in [0.4, 0.5) is 5.69 Å². The van der Waals surface area contributed by atoms with Gasteiger partial charge in [0.2, 0.25) is 0 Å². The van der Waals surface area contributed by atoms with E-state index in [0.717, 1.165) is 50.1 Å². The Labute approximate surface area is 196 Å². The highest BCUT2D eigenvalue weighted by molar-refractivity contribution is 5.52. The van der Waals surface area contributed by atoms with Crippen LogP contribution in [-0.2, 0) is 6.42 Å². The number of rotatable bonds is 12. The lowest BCUT2D eigenvalue weighted by Gasteiger charge is -2.43. The van der Waals surface area contributed by atoms with Crippen LogP contribution in [0.1, 0.15) is 36.8 Å². The van der Waals surface area contributed by atoms with Gasteiger partial charge in [-0.2, -0.15) is 0 Å². The zero-order chi connectivity index (χ0) is 23.6. The quantitative estimate of drug-likeness (QED) is 0.310. The molecule has 33 heavy (non-hydrogen) atoms. The van der Waals surface area contributed by atoms with Gasteiger partial charge in [-0.1, -0.05) is 43.2 Å². The molecule has 1 aliphatic heterocycles.